The molecular weight excluding hydrogens is 256 g/mol. The van der Waals surface area contributed by atoms with E-state index in [0.717, 1.165) is 18.2 Å². The molecule has 0 amide bonds. The van der Waals surface area contributed by atoms with Crippen LogP contribution in [0.15, 0.2) is 38.0 Å². The fourth-order valence-corrected chi connectivity index (χ4v) is 0.296. The van der Waals surface area contributed by atoms with Crippen molar-refractivity contribution >= 4 is 17.9 Å². The standard InChI is InChI=1S/C6H10O3.2C3H4O2/c1-2-6(8)9-5-3-4-7;2*1-2-3(4)5/h2,7H,1,3-5H2;2*2H,1H2,(H,4,5). The molecule has 0 aromatic carbocycles. The van der Waals surface area contributed by atoms with E-state index in [2.05, 4.69) is 24.5 Å². The van der Waals surface area contributed by atoms with Gasteiger partial charge in [0.2, 0.25) is 0 Å². The third-order valence-electron chi connectivity index (χ3n) is 1.06. The van der Waals surface area contributed by atoms with Crippen LogP contribution in [0.5, 0.6) is 0 Å². The van der Waals surface area contributed by atoms with Crippen molar-refractivity contribution < 1.29 is 34.4 Å². The molecule has 0 bridgehead atoms. The molecule has 0 aromatic rings. The van der Waals surface area contributed by atoms with Crippen LogP contribution in [0.25, 0.3) is 0 Å². The summed E-state index contributed by atoms with van der Waals surface area (Å²) in [6.45, 7) is 9.43. The predicted octanol–water partition coefficient (Wildman–Crippen LogP) is 0.612. The van der Waals surface area contributed by atoms with E-state index < -0.39 is 17.9 Å². The van der Waals surface area contributed by atoms with E-state index in [1.54, 1.807) is 0 Å². The van der Waals surface area contributed by atoms with E-state index in [1.807, 2.05) is 0 Å². The van der Waals surface area contributed by atoms with Gasteiger partial charge >= 0.3 is 17.9 Å². The number of hydrogen-bond acceptors (Lipinski definition) is 5. The number of aliphatic carboxylic acids is 2. The number of esters is 1. The van der Waals surface area contributed by atoms with E-state index in [1.165, 1.54) is 0 Å². The van der Waals surface area contributed by atoms with Gasteiger partial charge in [-0.1, -0.05) is 19.7 Å². The number of ether oxygens (including phenoxy) is 1. The third kappa shape index (κ3) is 39.0. The maximum absolute atomic E-state index is 10.3. The van der Waals surface area contributed by atoms with Gasteiger partial charge in [-0.2, -0.15) is 0 Å². The number of carboxylic acids is 2. The van der Waals surface area contributed by atoms with Crippen LogP contribution in [0.2, 0.25) is 0 Å². The van der Waals surface area contributed by atoms with Gasteiger partial charge in [-0.15, -0.1) is 0 Å². The molecule has 19 heavy (non-hydrogen) atoms. The molecule has 0 saturated heterocycles. The summed E-state index contributed by atoms with van der Waals surface area (Å²) in [5, 5.41) is 23.4. The molecular formula is C12H18O7. The Morgan fingerprint density at radius 2 is 1.32 bits per heavy atom. The Morgan fingerprint density at radius 1 is 0.947 bits per heavy atom. The molecule has 0 radical (unpaired) electrons. The molecule has 108 valence electrons. The zero-order valence-corrected chi connectivity index (χ0v) is 10.4. The third-order valence-corrected chi connectivity index (χ3v) is 1.06. The van der Waals surface area contributed by atoms with Crippen LogP contribution in [0.4, 0.5) is 0 Å². The number of carbonyl (C=O) groups excluding carboxylic acids is 1. The van der Waals surface area contributed by atoms with Crippen LogP contribution in [0, 0.1) is 0 Å². The molecule has 0 aliphatic carbocycles. The molecule has 7 nitrogen and oxygen atoms in total. The highest BCUT2D eigenvalue weighted by molar-refractivity contribution is 5.81. The summed E-state index contributed by atoms with van der Waals surface area (Å²) in [6.07, 6.45) is 3.25. The maximum Gasteiger partial charge on any atom is 0.330 e. The van der Waals surface area contributed by atoms with Crippen molar-refractivity contribution in [2.45, 2.75) is 6.42 Å². The number of carbonyl (C=O) groups is 3. The lowest BCUT2D eigenvalue weighted by molar-refractivity contribution is -0.138. The van der Waals surface area contributed by atoms with Gasteiger partial charge in [0.15, 0.2) is 0 Å². The van der Waals surface area contributed by atoms with Crippen LogP contribution >= 0.6 is 0 Å². The lowest BCUT2D eigenvalue weighted by atomic mass is 10.5. The number of aliphatic hydroxyl groups excluding tert-OH is 1. The van der Waals surface area contributed by atoms with Crippen molar-refractivity contribution in [1.82, 2.24) is 0 Å². The van der Waals surface area contributed by atoms with Crippen LogP contribution in [-0.4, -0.2) is 46.4 Å². The highest BCUT2D eigenvalue weighted by Gasteiger charge is 1.91. The van der Waals surface area contributed by atoms with Crippen molar-refractivity contribution in [2.24, 2.45) is 0 Å². The normalized spacial score (nSPS) is 7.42. The first-order chi connectivity index (χ1) is 8.85. The SMILES string of the molecule is C=CC(=O)O.C=CC(=O)O.C=CC(=O)OCCCO. The summed E-state index contributed by atoms with van der Waals surface area (Å²) in [6, 6.07) is 0. The average Bonchev–Trinajstić information content (AvgIpc) is 2.40. The lowest BCUT2D eigenvalue weighted by Crippen LogP contribution is -2.02. The quantitative estimate of drug-likeness (QED) is 0.368. The van der Waals surface area contributed by atoms with Gasteiger partial charge in [-0.25, -0.2) is 14.4 Å². The Labute approximate surface area is 111 Å². The van der Waals surface area contributed by atoms with E-state index in [-0.39, 0.29) is 13.2 Å². The van der Waals surface area contributed by atoms with Gasteiger partial charge in [0.05, 0.1) is 6.61 Å². The monoisotopic (exact) mass is 274 g/mol. The average molecular weight is 274 g/mol. The fraction of sp³-hybridized carbons (Fsp3) is 0.250. The minimum absolute atomic E-state index is 0.0461. The molecule has 0 aliphatic heterocycles. The molecule has 0 saturated carbocycles. The summed E-state index contributed by atoms with van der Waals surface area (Å²) in [5.41, 5.74) is 0. The first kappa shape index (κ1) is 21.8. The number of hydrogen-bond donors (Lipinski definition) is 3. The molecule has 0 aromatic heterocycles. The Morgan fingerprint density at radius 3 is 1.53 bits per heavy atom. The molecule has 0 unspecified atom stereocenters. The van der Waals surface area contributed by atoms with E-state index >= 15 is 0 Å². The van der Waals surface area contributed by atoms with Crippen molar-refractivity contribution in [1.29, 1.82) is 0 Å². The molecule has 0 spiro atoms. The zero-order chi connectivity index (χ0) is 15.7. The molecule has 0 heterocycles. The number of carboxylic acid groups (broad SMARTS) is 2. The zero-order valence-electron chi connectivity index (χ0n) is 10.4. The van der Waals surface area contributed by atoms with Gasteiger partial charge in [0, 0.05) is 31.3 Å². The Balaban J connectivity index is -0.000000219. The van der Waals surface area contributed by atoms with E-state index in [4.69, 9.17) is 15.3 Å². The van der Waals surface area contributed by atoms with E-state index in [0.29, 0.717) is 6.42 Å². The molecule has 3 N–H and O–H groups in total. The van der Waals surface area contributed by atoms with Gasteiger partial charge < -0.3 is 20.1 Å². The van der Waals surface area contributed by atoms with Crippen molar-refractivity contribution in [3.8, 4) is 0 Å². The molecule has 0 rings (SSSR count). The molecule has 0 fully saturated rings. The largest absolute Gasteiger partial charge is 0.478 e. The minimum Gasteiger partial charge on any atom is -0.478 e. The lowest BCUT2D eigenvalue weighted by Gasteiger charge is -1.96. The first-order valence-electron chi connectivity index (χ1n) is 4.96. The highest BCUT2D eigenvalue weighted by Crippen LogP contribution is 1.82. The Hall–Kier alpha value is -2.41. The van der Waals surface area contributed by atoms with E-state index in [9.17, 15) is 14.4 Å². The fourth-order valence-electron chi connectivity index (χ4n) is 0.296. The van der Waals surface area contributed by atoms with Gasteiger partial charge in [-0.05, 0) is 0 Å². The second-order valence-corrected chi connectivity index (χ2v) is 2.53. The Kier molecular flexibility index (Phi) is 20.6. The molecule has 0 atom stereocenters. The number of aliphatic hydroxyl groups is 1. The molecule has 0 aliphatic rings. The second-order valence-electron chi connectivity index (χ2n) is 2.53. The summed E-state index contributed by atoms with van der Waals surface area (Å²) in [5.74, 6) is -2.40. The predicted molar refractivity (Wildman–Crippen MR) is 68.5 cm³/mol. The van der Waals surface area contributed by atoms with Crippen molar-refractivity contribution in [3.63, 3.8) is 0 Å². The summed E-state index contributed by atoms with van der Waals surface area (Å²) in [4.78, 5) is 28.8. The minimum atomic E-state index is -0.981. The van der Waals surface area contributed by atoms with Crippen LogP contribution < -0.4 is 0 Å². The second kappa shape index (κ2) is 18.0. The topological polar surface area (TPSA) is 121 Å². The van der Waals surface area contributed by atoms with Crippen LogP contribution in [-0.2, 0) is 19.1 Å². The summed E-state index contributed by atoms with van der Waals surface area (Å²) in [7, 11) is 0. The summed E-state index contributed by atoms with van der Waals surface area (Å²) >= 11 is 0. The van der Waals surface area contributed by atoms with Gasteiger partial charge in [-0.3, -0.25) is 0 Å². The van der Waals surface area contributed by atoms with Crippen molar-refractivity contribution in [3.05, 3.63) is 38.0 Å². The van der Waals surface area contributed by atoms with Gasteiger partial charge in [0.25, 0.3) is 0 Å². The highest BCUT2D eigenvalue weighted by atomic mass is 16.5. The maximum atomic E-state index is 10.3. The summed E-state index contributed by atoms with van der Waals surface area (Å²) < 4.78 is 4.51. The van der Waals surface area contributed by atoms with Gasteiger partial charge in [0.1, 0.15) is 0 Å². The Bertz CT molecular complexity index is 289. The molecule has 7 heteroatoms. The smallest absolute Gasteiger partial charge is 0.330 e. The van der Waals surface area contributed by atoms with Crippen LogP contribution in [0.3, 0.4) is 0 Å². The van der Waals surface area contributed by atoms with Crippen molar-refractivity contribution in [2.75, 3.05) is 13.2 Å². The van der Waals surface area contributed by atoms with Crippen LogP contribution in [0.1, 0.15) is 6.42 Å². The first-order valence-corrected chi connectivity index (χ1v) is 4.96. The number of rotatable bonds is 6.